The highest BCUT2D eigenvalue weighted by Gasteiger charge is 2.18. The lowest BCUT2D eigenvalue weighted by Crippen LogP contribution is -2.00. The fraction of sp³-hybridized carbons (Fsp3) is 0.182. The Morgan fingerprint density at radius 2 is 0.540 bits per heavy atom. The molecule has 0 atom stereocenters. The molecule has 0 amide bonds. The first kappa shape index (κ1) is 34.0. The van der Waals surface area contributed by atoms with E-state index in [1.165, 1.54) is 0 Å². The molecule has 0 aliphatic heterocycles. The molecule has 254 valence electrons. The van der Waals surface area contributed by atoms with Crippen LogP contribution in [0.2, 0.25) is 0 Å². The van der Waals surface area contributed by atoms with Gasteiger partial charge in [-0.3, -0.25) is 0 Å². The van der Waals surface area contributed by atoms with Crippen molar-refractivity contribution in [3.63, 3.8) is 0 Å². The number of hydrogen-bond donors (Lipinski definition) is 6. The topological polar surface area (TPSA) is 121 Å². The van der Waals surface area contributed by atoms with Gasteiger partial charge in [0.25, 0.3) is 0 Å². The van der Waals surface area contributed by atoms with Crippen molar-refractivity contribution in [3.8, 4) is 45.6 Å². The first-order chi connectivity index (χ1) is 23.8. The number of benzene rings is 6. The quantitative estimate of drug-likeness (QED) is 0.0915. The van der Waals surface area contributed by atoms with E-state index in [-0.39, 0.29) is 34.5 Å². The second-order valence-electron chi connectivity index (χ2n) is 13.5. The molecule has 0 saturated carbocycles. The van der Waals surface area contributed by atoms with Crippen LogP contribution in [0.1, 0.15) is 66.8 Å². The predicted molar refractivity (Wildman–Crippen MR) is 198 cm³/mol. The van der Waals surface area contributed by atoms with Crippen molar-refractivity contribution in [2.45, 2.75) is 53.4 Å². The van der Waals surface area contributed by atoms with E-state index < -0.39 is 0 Å². The minimum Gasteiger partial charge on any atom is -0.508 e. The minimum atomic E-state index is 0.184. The van der Waals surface area contributed by atoms with Crippen LogP contribution in [0.25, 0.3) is 11.1 Å². The summed E-state index contributed by atoms with van der Waals surface area (Å²) in [6.45, 7) is 7.38. The number of aryl methyl sites for hydroxylation is 4. The maximum Gasteiger partial charge on any atom is 0.122 e. The molecular weight excluding hydrogens is 624 g/mol. The van der Waals surface area contributed by atoms with E-state index in [2.05, 4.69) is 0 Å². The molecule has 6 aromatic rings. The maximum atomic E-state index is 11.7. The molecule has 0 heterocycles. The fourth-order valence-corrected chi connectivity index (χ4v) is 6.58. The van der Waals surface area contributed by atoms with E-state index in [0.29, 0.717) is 25.7 Å². The van der Waals surface area contributed by atoms with Crippen LogP contribution in [-0.4, -0.2) is 30.6 Å². The van der Waals surface area contributed by atoms with Crippen molar-refractivity contribution in [2.24, 2.45) is 0 Å². The highest BCUT2D eigenvalue weighted by molar-refractivity contribution is 5.72. The number of hydrogen-bond acceptors (Lipinski definition) is 6. The molecule has 0 radical (unpaired) electrons. The lowest BCUT2D eigenvalue weighted by Gasteiger charge is -2.18. The van der Waals surface area contributed by atoms with Gasteiger partial charge in [-0.2, -0.15) is 0 Å². The van der Waals surface area contributed by atoms with Crippen LogP contribution in [0, 0.1) is 27.7 Å². The number of phenols is 6. The summed E-state index contributed by atoms with van der Waals surface area (Å²) in [5.74, 6) is 1.23. The van der Waals surface area contributed by atoms with Gasteiger partial charge in [-0.25, -0.2) is 0 Å². The zero-order valence-electron chi connectivity index (χ0n) is 28.7. The van der Waals surface area contributed by atoms with Gasteiger partial charge in [0.2, 0.25) is 0 Å². The molecule has 6 heteroatoms. The molecule has 0 fully saturated rings. The van der Waals surface area contributed by atoms with Gasteiger partial charge in [-0.1, -0.05) is 48.5 Å². The third-order valence-electron chi connectivity index (χ3n) is 9.49. The summed E-state index contributed by atoms with van der Waals surface area (Å²) < 4.78 is 0. The number of phenolic OH excluding ortho intramolecular Hbond substituents is 6. The lowest BCUT2D eigenvalue weighted by molar-refractivity contribution is 0.462. The molecule has 0 bridgehead atoms. The second kappa shape index (κ2) is 13.9. The van der Waals surface area contributed by atoms with E-state index in [0.717, 1.165) is 77.9 Å². The zero-order valence-corrected chi connectivity index (χ0v) is 28.7. The minimum absolute atomic E-state index is 0.184. The third kappa shape index (κ3) is 7.40. The summed E-state index contributed by atoms with van der Waals surface area (Å²) in [5, 5.41) is 63.9. The molecular formula is C44H42O6. The van der Waals surface area contributed by atoms with Gasteiger partial charge >= 0.3 is 0 Å². The fourth-order valence-electron chi connectivity index (χ4n) is 6.58. The lowest BCUT2D eigenvalue weighted by atomic mass is 9.88. The molecule has 0 aliphatic rings. The summed E-state index contributed by atoms with van der Waals surface area (Å²) in [4.78, 5) is 0. The van der Waals surface area contributed by atoms with E-state index >= 15 is 0 Å². The largest absolute Gasteiger partial charge is 0.508 e. The Hall–Kier alpha value is -5.88. The van der Waals surface area contributed by atoms with Crippen molar-refractivity contribution >= 4 is 0 Å². The van der Waals surface area contributed by atoms with Gasteiger partial charge in [0.1, 0.15) is 34.5 Å². The average Bonchev–Trinajstić information content (AvgIpc) is 3.07. The van der Waals surface area contributed by atoms with Gasteiger partial charge in [0.05, 0.1) is 0 Å². The first-order valence-electron chi connectivity index (χ1n) is 16.7. The van der Waals surface area contributed by atoms with E-state index in [1.807, 2.05) is 100 Å². The molecule has 6 rings (SSSR count). The van der Waals surface area contributed by atoms with Gasteiger partial charge in [-0.05, 0) is 154 Å². The number of aromatic hydroxyl groups is 6. The summed E-state index contributed by atoms with van der Waals surface area (Å²) in [5.41, 5.74) is 11.4. The molecule has 0 unspecified atom stereocenters. The summed E-state index contributed by atoms with van der Waals surface area (Å²) in [7, 11) is 0. The van der Waals surface area contributed by atoms with E-state index in [1.54, 1.807) is 24.3 Å². The Morgan fingerprint density at radius 3 is 0.740 bits per heavy atom. The van der Waals surface area contributed by atoms with E-state index in [4.69, 9.17) is 0 Å². The van der Waals surface area contributed by atoms with Crippen molar-refractivity contribution < 1.29 is 30.6 Å². The summed E-state index contributed by atoms with van der Waals surface area (Å²) in [6, 6.07) is 29.7. The zero-order chi connectivity index (χ0) is 35.7. The SMILES string of the molecule is Cc1cc(Cc2cc(-c3cc(Cc4ccc(O)c(C)c4)c(O)c(Cc4ccc(O)c(C)c4)c3)cc(Cc3ccc(O)c(C)c3)c2O)ccc1O. The van der Waals surface area contributed by atoms with Crippen LogP contribution in [0.4, 0.5) is 0 Å². The van der Waals surface area contributed by atoms with Crippen molar-refractivity contribution in [2.75, 3.05) is 0 Å². The van der Waals surface area contributed by atoms with Gasteiger partial charge in [0, 0.05) is 25.7 Å². The summed E-state index contributed by atoms with van der Waals surface area (Å²) >= 11 is 0. The normalized spacial score (nSPS) is 11.2. The van der Waals surface area contributed by atoms with Crippen LogP contribution in [-0.2, 0) is 25.7 Å². The van der Waals surface area contributed by atoms with Crippen LogP contribution in [0.15, 0.2) is 97.1 Å². The third-order valence-corrected chi connectivity index (χ3v) is 9.49. The molecule has 0 spiro atoms. The highest BCUT2D eigenvalue weighted by Crippen LogP contribution is 2.38. The summed E-state index contributed by atoms with van der Waals surface area (Å²) in [6.07, 6.45) is 1.72. The molecule has 0 aromatic heterocycles. The molecule has 0 saturated heterocycles. The molecule has 6 nitrogen and oxygen atoms in total. The van der Waals surface area contributed by atoms with Gasteiger partial charge < -0.3 is 30.6 Å². The van der Waals surface area contributed by atoms with Crippen LogP contribution >= 0.6 is 0 Å². The van der Waals surface area contributed by atoms with Crippen LogP contribution < -0.4 is 0 Å². The standard InChI is InChI=1S/C44H42O6/c1-25-13-29(5-9-39(25)45)17-35-21-33(22-36(43(35)49)18-30-6-10-40(46)26(2)14-30)34-23-37(19-31-7-11-41(47)27(3)15-31)44(50)38(24-34)20-32-8-12-42(48)28(4)16-32/h5-16,21-24,45-50H,17-20H2,1-4H3. The Bertz CT molecular complexity index is 1920. The Kier molecular flexibility index (Phi) is 9.47. The van der Waals surface area contributed by atoms with E-state index in [9.17, 15) is 30.6 Å². The van der Waals surface area contributed by atoms with Crippen molar-refractivity contribution in [1.29, 1.82) is 0 Å². The Balaban J connectivity index is 1.51. The van der Waals surface area contributed by atoms with Gasteiger partial charge in [-0.15, -0.1) is 0 Å². The Morgan fingerprint density at radius 1 is 0.320 bits per heavy atom. The molecule has 50 heavy (non-hydrogen) atoms. The smallest absolute Gasteiger partial charge is 0.122 e. The molecule has 0 aliphatic carbocycles. The van der Waals surface area contributed by atoms with Crippen LogP contribution in [0.5, 0.6) is 34.5 Å². The second-order valence-corrected chi connectivity index (χ2v) is 13.5. The maximum absolute atomic E-state index is 11.7. The first-order valence-corrected chi connectivity index (χ1v) is 16.7. The van der Waals surface area contributed by atoms with Crippen molar-refractivity contribution in [3.05, 3.63) is 164 Å². The Labute approximate surface area is 292 Å². The monoisotopic (exact) mass is 666 g/mol. The van der Waals surface area contributed by atoms with Crippen molar-refractivity contribution in [1.82, 2.24) is 0 Å². The van der Waals surface area contributed by atoms with Crippen LogP contribution in [0.3, 0.4) is 0 Å². The average molecular weight is 667 g/mol. The predicted octanol–water partition coefficient (Wildman–Crippen LogP) is 9.18. The van der Waals surface area contributed by atoms with Gasteiger partial charge in [0.15, 0.2) is 0 Å². The number of rotatable bonds is 9. The molecule has 6 N–H and O–H groups in total. The highest BCUT2D eigenvalue weighted by atomic mass is 16.3. The molecule has 6 aromatic carbocycles.